The summed E-state index contributed by atoms with van der Waals surface area (Å²) in [6.45, 7) is 6.01. The standard InChI is InChI=1S/C15H11FN2O.C4H9NO3.C2H6/c1-10-2-5-14(13(16)6-10)18-15-7-11(8-17)3-4-12(15)9-19;1-5-8-3-2-4(6)7;1-2/h2-7,9,18H,1H3;5H,2-3H2,1H3,(H,6,7);1-2H3. The fourth-order valence-electron chi connectivity index (χ4n) is 1.94. The van der Waals surface area contributed by atoms with Crippen LogP contribution >= 0.6 is 0 Å². The quantitative estimate of drug-likeness (QED) is 0.361. The Morgan fingerprint density at radius 3 is 2.45 bits per heavy atom. The van der Waals surface area contributed by atoms with Crippen molar-refractivity contribution in [2.24, 2.45) is 0 Å². The van der Waals surface area contributed by atoms with Crippen LogP contribution in [0.4, 0.5) is 15.8 Å². The molecule has 0 amide bonds. The number of halogens is 1. The molecule has 156 valence electrons. The van der Waals surface area contributed by atoms with Gasteiger partial charge in [0.15, 0.2) is 6.29 Å². The van der Waals surface area contributed by atoms with E-state index in [-0.39, 0.29) is 18.7 Å². The van der Waals surface area contributed by atoms with E-state index in [1.54, 1.807) is 32.2 Å². The molecule has 7 nitrogen and oxygen atoms in total. The van der Waals surface area contributed by atoms with Gasteiger partial charge in [0, 0.05) is 12.6 Å². The topological polar surface area (TPSA) is 111 Å². The van der Waals surface area contributed by atoms with Crippen LogP contribution in [0.1, 0.15) is 41.8 Å². The Kier molecular flexibility index (Phi) is 13.1. The average Bonchev–Trinajstić information content (AvgIpc) is 2.72. The monoisotopic (exact) mass is 403 g/mol. The van der Waals surface area contributed by atoms with Gasteiger partial charge in [-0.1, -0.05) is 19.9 Å². The minimum Gasteiger partial charge on any atom is -0.481 e. The molecule has 0 saturated heterocycles. The van der Waals surface area contributed by atoms with Crippen molar-refractivity contribution in [3.8, 4) is 6.07 Å². The number of carbonyl (C=O) groups excluding carboxylic acids is 1. The van der Waals surface area contributed by atoms with Crippen LogP contribution in [0.3, 0.4) is 0 Å². The molecule has 0 aliphatic rings. The number of carboxylic acids is 1. The van der Waals surface area contributed by atoms with E-state index < -0.39 is 11.8 Å². The Morgan fingerprint density at radius 2 is 1.93 bits per heavy atom. The first-order valence-corrected chi connectivity index (χ1v) is 8.94. The number of nitrogens with zero attached hydrogens (tertiary/aromatic N) is 1. The fraction of sp³-hybridized carbons (Fsp3) is 0.286. The van der Waals surface area contributed by atoms with E-state index in [4.69, 9.17) is 10.4 Å². The summed E-state index contributed by atoms with van der Waals surface area (Å²) in [5.74, 6) is -1.25. The highest BCUT2D eigenvalue weighted by Crippen LogP contribution is 2.24. The minimum atomic E-state index is -0.847. The zero-order valence-corrected chi connectivity index (χ0v) is 17.0. The molecule has 0 aliphatic heterocycles. The Bertz CT molecular complexity index is 835. The first kappa shape index (κ1) is 25.7. The highest BCUT2D eigenvalue weighted by Gasteiger charge is 2.07. The van der Waals surface area contributed by atoms with Crippen molar-refractivity contribution in [1.82, 2.24) is 5.48 Å². The summed E-state index contributed by atoms with van der Waals surface area (Å²) in [7, 11) is 1.59. The average molecular weight is 403 g/mol. The maximum absolute atomic E-state index is 13.7. The second-order valence-electron chi connectivity index (χ2n) is 5.34. The van der Waals surface area contributed by atoms with Crippen molar-refractivity contribution in [3.05, 3.63) is 58.9 Å². The number of aldehydes is 1. The van der Waals surface area contributed by atoms with Gasteiger partial charge >= 0.3 is 5.97 Å². The summed E-state index contributed by atoms with van der Waals surface area (Å²) in [6, 6.07) is 11.3. The summed E-state index contributed by atoms with van der Waals surface area (Å²) in [6.07, 6.45) is 0.705. The summed E-state index contributed by atoms with van der Waals surface area (Å²) >= 11 is 0. The van der Waals surface area contributed by atoms with Crippen molar-refractivity contribution in [2.75, 3.05) is 19.0 Å². The van der Waals surface area contributed by atoms with E-state index in [1.807, 2.05) is 19.9 Å². The third-order valence-electron chi connectivity index (χ3n) is 3.27. The summed E-state index contributed by atoms with van der Waals surface area (Å²) < 4.78 is 13.7. The molecule has 0 unspecified atom stereocenters. The molecule has 0 saturated carbocycles. The van der Waals surface area contributed by atoms with E-state index in [2.05, 4.69) is 15.6 Å². The molecule has 0 bridgehead atoms. The number of aryl methyl sites for hydroxylation is 1. The fourth-order valence-corrected chi connectivity index (χ4v) is 1.94. The molecule has 0 atom stereocenters. The molecular formula is C21H26FN3O4. The van der Waals surface area contributed by atoms with Gasteiger partial charge in [0.05, 0.1) is 36.0 Å². The second-order valence-corrected chi connectivity index (χ2v) is 5.34. The molecular weight excluding hydrogens is 377 g/mol. The van der Waals surface area contributed by atoms with Gasteiger partial charge in [0.2, 0.25) is 0 Å². The van der Waals surface area contributed by atoms with Gasteiger partial charge in [-0.05, 0) is 42.8 Å². The number of carbonyl (C=O) groups is 2. The van der Waals surface area contributed by atoms with Gasteiger partial charge in [-0.25, -0.2) is 9.87 Å². The number of nitriles is 1. The summed E-state index contributed by atoms with van der Waals surface area (Å²) in [5.41, 5.74) is 4.63. The number of carboxylic acid groups (broad SMARTS) is 1. The van der Waals surface area contributed by atoms with E-state index >= 15 is 0 Å². The van der Waals surface area contributed by atoms with Crippen LogP contribution in [-0.4, -0.2) is 31.0 Å². The molecule has 3 N–H and O–H groups in total. The van der Waals surface area contributed by atoms with Gasteiger partial charge in [0.1, 0.15) is 5.82 Å². The molecule has 2 aromatic carbocycles. The highest BCUT2D eigenvalue weighted by atomic mass is 19.1. The molecule has 29 heavy (non-hydrogen) atoms. The van der Waals surface area contributed by atoms with Crippen molar-refractivity contribution >= 4 is 23.6 Å². The normalized spacial score (nSPS) is 9.10. The SMILES string of the molecule is CC.CNOCCC(=O)O.Cc1ccc(Nc2cc(C#N)ccc2C=O)c(F)c1. The van der Waals surface area contributed by atoms with Crippen LogP contribution in [-0.2, 0) is 9.63 Å². The molecule has 0 heterocycles. The molecule has 0 radical (unpaired) electrons. The number of rotatable bonds is 7. The first-order chi connectivity index (χ1) is 13.9. The van der Waals surface area contributed by atoms with Gasteiger partial charge < -0.3 is 15.3 Å². The third kappa shape index (κ3) is 10.0. The molecule has 0 aromatic heterocycles. The van der Waals surface area contributed by atoms with E-state index in [9.17, 15) is 14.0 Å². The maximum Gasteiger partial charge on any atom is 0.305 e. The lowest BCUT2D eigenvalue weighted by Gasteiger charge is -2.10. The van der Waals surface area contributed by atoms with Crippen LogP contribution in [0.2, 0.25) is 0 Å². The van der Waals surface area contributed by atoms with E-state index in [0.717, 1.165) is 5.56 Å². The number of aliphatic carboxylic acids is 1. The lowest BCUT2D eigenvalue weighted by Crippen LogP contribution is -2.11. The zero-order valence-electron chi connectivity index (χ0n) is 17.0. The molecule has 0 aliphatic carbocycles. The number of anilines is 2. The predicted molar refractivity (Wildman–Crippen MR) is 110 cm³/mol. The largest absolute Gasteiger partial charge is 0.481 e. The van der Waals surface area contributed by atoms with Crippen LogP contribution in [0.15, 0.2) is 36.4 Å². The number of hydrogen-bond donors (Lipinski definition) is 3. The predicted octanol–water partition coefficient (Wildman–Crippen LogP) is 4.20. The molecule has 2 aromatic rings. The lowest BCUT2D eigenvalue weighted by atomic mass is 10.1. The van der Waals surface area contributed by atoms with Crippen molar-refractivity contribution in [3.63, 3.8) is 0 Å². The van der Waals surface area contributed by atoms with Crippen LogP contribution in [0, 0.1) is 24.1 Å². The van der Waals surface area contributed by atoms with Gasteiger partial charge in [-0.2, -0.15) is 5.26 Å². The van der Waals surface area contributed by atoms with Crippen LogP contribution in [0.5, 0.6) is 0 Å². The molecule has 8 heteroatoms. The van der Waals surface area contributed by atoms with Gasteiger partial charge in [-0.3, -0.25) is 9.59 Å². The highest BCUT2D eigenvalue weighted by molar-refractivity contribution is 5.86. The Balaban J connectivity index is 0.000000664. The maximum atomic E-state index is 13.7. The number of nitrogens with one attached hydrogen (secondary N) is 2. The Morgan fingerprint density at radius 1 is 1.24 bits per heavy atom. The van der Waals surface area contributed by atoms with Crippen molar-refractivity contribution in [2.45, 2.75) is 27.2 Å². The number of hydrogen-bond acceptors (Lipinski definition) is 6. The van der Waals surface area contributed by atoms with Crippen LogP contribution in [0.25, 0.3) is 0 Å². The van der Waals surface area contributed by atoms with Gasteiger partial charge in [0.25, 0.3) is 0 Å². The van der Waals surface area contributed by atoms with Crippen LogP contribution < -0.4 is 10.8 Å². The minimum absolute atomic E-state index is 0.0425. The number of hydroxylamine groups is 1. The van der Waals surface area contributed by atoms with Gasteiger partial charge in [-0.15, -0.1) is 0 Å². The van der Waals surface area contributed by atoms with Crippen molar-refractivity contribution < 1.29 is 23.9 Å². The van der Waals surface area contributed by atoms with E-state index in [1.165, 1.54) is 18.2 Å². The lowest BCUT2D eigenvalue weighted by molar-refractivity contribution is -0.138. The molecule has 2 rings (SSSR count). The first-order valence-electron chi connectivity index (χ1n) is 8.94. The number of benzene rings is 2. The molecule has 0 spiro atoms. The second kappa shape index (κ2) is 14.7. The molecule has 0 fully saturated rings. The zero-order chi connectivity index (χ0) is 22.2. The Labute approximate surface area is 170 Å². The van der Waals surface area contributed by atoms with E-state index in [0.29, 0.717) is 23.1 Å². The Hall–Kier alpha value is -3.28. The van der Waals surface area contributed by atoms with Crippen molar-refractivity contribution in [1.29, 1.82) is 5.26 Å². The third-order valence-corrected chi connectivity index (χ3v) is 3.27. The summed E-state index contributed by atoms with van der Waals surface area (Å²) in [4.78, 5) is 25.2. The summed E-state index contributed by atoms with van der Waals surface area (Å²) in [5, 5.41) is 19.7. The smallest absolute Gasteiger partial charge is 0.305 e.